The molecule has 0 saturated heterocycles. The summed E-state index contributed by atoms with van der Waals surface area (Å²) < 4.78 is 7.61. The first-order valence-electron chi connectivity index (χ1n) is 8.20. The summed E-state index contributed by atoms with van der Waals surface area (Å²) in [7, 11) is 0. The Morgan fingerprint density at radius 3 is 2.56 bits per heavy atom. The molecule has 6 nitrogen and oxygen atoms in total. The molecule has 1 aliphatic heterocycles. The van der Waals surface area contributed by atoms with Gasteiger partial charge in [0, 0.05) is 18.7 Å². The molecule has 0 saturated carbocycles. The van der Waals surface area contributed by atoms with Crippen molar-refractivity contribution in [1.82, 2.24) is 9.78 Å². The van der Waals surface area contributed by atoms with E-state index in [2.05, 4.69) is 10.4 Å². The summed E-state index contributed by atoms with van der Waals surface area (Å²) in [5.74, 6) is 1.72. The van der Waals surface area contributed by atoms with E-state index in [1.54, 1.807) is 0 Å². The van der Waals surface area contributed by atoms with Crippen LogP contribution in [0.5, 0.6) is 11.5 Å². The molecule has 0 spiro atoms. The Balaban J connectivity index is 1.66. The van der Waals surface area contributed by atoms with Gasteiger partial charge in [0.15, 0.2) is 0 Å². The quantitative estimate of drug-likeness (QED) is 0.766. The molecule has 2 aromatic carbocycles. The molecule has 0 aliphatic carbocycles. The van der Waals surface area contributed by atoms with E-state index in [0.717, 1.165) is 36.6 Å². The highest BCUT2D eigenvalue weighted by molar-refractivity contribution is 6.03. The number of nitrogens with zero attached hydrogens (tertiary/aromatic N) is 2. The summed E-state index contributed by atoms with van der Waals surface area (Å²) >= 11 is 0. The van der Waals surface area contributed by atoms with Gasteiger partial charge in [-0.25, -0.2) is 4.68 Å². The number of ether oxygens (including phenoxy) is 1. The van der Waals surface area contributed by atoms with E-state index in [9.17, 15) is 4.79 Å². The van der Waals surface area contributed by atoms with Crippen molar-refractivity contribution in [2.45, 2.75) is 13.0 Å². The summed E-state index contributed by atoms with van der Waals surface area (Å²) in [6, 6.07) is 17.1. The van der Waals surface area contributed by atoms with Gasteiger partial charge in [-0.05, 0) is 42.8 Å². The largest absolute Gasteiger partial charge is 0.457 e. The third-order valence-corrected chi connectivity index (χ3v) is 4.14. The van der Waals surface area contributed by atoms with E-state index in [4.69, 9.17) is 10.5 Å². The number of anilines is 1. The van der Waals surface area contributed by atoms with Crippen molar-refractivity contribution in [3.05, 3.63) is 60.2 Å². The number of carbonyl (C=O) groups excluding carboxylic acids is 1. The van der Waals surface area contributed by atoms with E-state index in [0.29, 0.717) is 17.1 Å². The second-order valence-electron chi connectivity index (χ2n) is 5.88. The van der Waals surface area contributed by atoms with Gasteiger partial charge in [0.05, 0.1) is 0 Å². The fourth-order valence-corrected chi connectivity index (χ4v) is 2.98. The van der Waals surface area contributed by atoms with Crippen molar-refractivity contribution in [2.24, 2.45) is 5.73 Å². The maximum absolute atomic E-state index is 11.9. The highest BCUT2D eigenvalue weighted by Crippen LogP contribution is 2.32. The molecule has 1 aliphatic rings. The molecule has 126 valence electrons. The maximum Gasteiger partial charge on any atom is 0.254 e. The number of aromatic nitrogens is 2. The Hall–Kier alpha value is -3.28. The van der Waals surface area contributed by atoms with Crippen LogP contribution in [0.15, 0.2) is 54.6 Å². The highest BCUT2D eigenvalue weighted by atomic mass is 16.5. The summed E-state index contributed by atoms with van der Waals surface area (Å²) in [6.45, 7) is 1.59. The SMILES string of the molecule is NC(=O)c1c2n(n[14c]1-c1ccc(Oc3ccccc3)cc1)CCCN2. The van der Waals surface area contributed by atoms with Crippen molar-refractivity contribution in [1.29, 1.82) is 0 Å². The van der Waals surface area contributed by atoms with Gasteiger partial charge in [0.2, 0.25) is 0 Å². The first-order valence-corrected chi connectivity index (χ1v) is 8.20. The number of hydrogen-bond acceptors (Lipinski definition) is 4. The molecule has 4 rings (SSSR count). The van der Waals surface area contributed by atoms with Crippen LogP contribution in [-0.4, -0.2) is 22.2 Å². The molecule has 25 heavy (non-hydrogen) atoms. The highest BCUT2D eigenvalue weighted by Gasteiger charge is 2.24. The average molecular weight is 336 g/mol. The molecule has 2 heterocycles. The molecule has 0 bridgehead atoms. The van der Waals surface area contributed by atoms with Gasteiger partial charge in [0.1, 0.15) is 28.6 Å². The zero-order valence-electron chi connectivity index (χ0n) is 13.6. The lowest BCUT2D eigenvalue weighted by molar-refractivity contribution is 0.100. The van der Waals surface area contributed by atoms with Crippen LogP contribution in [0.2, 0.25) is 0 Å². The number of primary amides is 1. The number of fused-ring (bicyclic) bond motifs is 1. The Bertz CT molecular complexity index is 901. The van der Waals surface area contributed by atoms with Gasteiger partial charge in [-0.1, -0.05) is 18.2 Å². The van der Waals surface area contributed by atoms with Gasteiger partial charge in [-0.15, -0.1) is 0 Å². The number of nitrogens with two attached hydrogens (primary N) is 1. The minimum atomic E-state index is -0.477. The lowest BCUT2D eigenvalue weighted by Gasteiger charge is -2.15. The van der Waals surface area contributed by atoms with E-state index >= 15 is 0 Å². The molecule has 0 atom stereocenters. The number of aryl methyl sites for hydroxylation is 1. The maximum atomic E-state index is 11.9. The van der Waals surface area contributed by atoms with Crippen LogP contribution >= 0.6 is 0 Å². The second-order valence-corrected chi connectivity index (χ2v) is 5.88. The van der Waals surface area contributed by atoms with Crippen LogP contribution in [0.25, 0.3) is 11.3 Å². The van der Waals surface area contributed by atoms with E-state index in [-0.39, 0.29) is 0 Å². The Kier molecular flexibility index (Phi) is 3.85. The number of benzene rings is 2. The topological polar surface area (TPSA) is 82.2 Å². The average Bonchev–Trinajstić information content (AvgIpc) is 3.03. The number of amides is 1. The van der Waals surface area contributed by atoms with E-state index in [1.807, 2.05) is 59.3 Å². The van der Waals surface area contributed by atoms with Crippen molar-refractivity contribution >= 4 is 11.7 Å². The number of para-hydroxylation sites is 1. The lowest BCUT2D eigenvalue weighted by Crippen LogP contribution is -2.21. The van der Waals surface area contributed by atoms with E-state index in [1.165, 1.54) is 0 Å². The molecule has 0 unspecified atom stereocenters. The fraction of sp³-hybridized carbons (Fsp3) is 0.158. The predicted molar refractivity (Wildman–Crippen MR) is 95.8 cm³/mol. The van der Waals surface area contributed by atoms with Crippen LogP contribution in [0.4, 0.5) is 5.82 Å². The summed E-state index contributed by atoms with van der Waals surface area (Å²) in [4.78, 5) is 11.9. The molecule has 3 N–H and O–H groups in total. The number of carbonyl (C=O) groups is 1. The second kappa shape index (κ2) is 6.32. The molecule has 0 fully saturated rings. The molecule has 1 amide bonds. The van der Waals surface area contributed by atoms with Crippen molar-refractivity contribution in [2.75, 3.05) is 11.9 Å². The smallest absolute Gasteiger partial charge is 0.254 e. The molecular formula is C19H18N4O2. The van der Waals surface area contributed by atoms with Crippen LogP contribution in [0.3, 0.4) is 0 Å². The number of nitrogens with one attached hydrogen (secondary N) is 1. The Morgan fingerprint density at radius 2 is 1.84 bits per heavy atom. The van der Waals surface area contributed by atoms with Crippen LogP contribution in [-0.2, 0) is 6.54 Å². The minimum Gasteiger partial charge on any atom is -0.457 e. The van der Waals surface area contributed by atoms with Crippen molar-refractivity contribution in [3.63, 3.8) is 0 Å². The number of hydrogen-bond donors (Lipinski definition) is 2. The Labute approximate surface area is 145 Å². The third kappa shape index (κ3) is 2.94. The van der Waals surface area contributed by atoms with Crippen LogP contribution in [0.1, 0.15) is 16.8 Å². The molecule has 6 heteroatoms. The number of rotatable bonds is 4. The zero-order chi connectivity index (χ0) is 17.2. The molecular weight excluding hydrogens is 318 g/mol. The summed E-state index contributed by atoms with van der Waals surface area (Å²) in [5.41, 5.74) is 7.47. The van der Waals surface area contributed by atoms with Crippen LogP contribution < -0.4 is 15.8 Å². The molecule has 1 aromatic heterocycles. The van der Waals surface area contributed by atoms with Gasteiger partial charge >= 0.3 is 0 Å². The van der Waals surface area contributed by atoms with Crippen molar-refractivity contribution in [3.8, 4) is 22.8 Å². The third-order valence-electron chi connectivity index (χ3n) is 4.14. The van der Waals surface area contributed by atoms with Crippen LogP contribution in [0, 0.1) is 0 Å². The summed E-state index contributed by atoms with van der Waals surface area (Å²) in [5, 5.41) is 7.79. The summed E-state index contributed by atoms with van der Waals surface area (Å²) in [6.07, 6.45) is 0.968. The first kappa shape index (κ1) is 15.3. The van der Waals surface area contributed by atoms with Crippen molar-refractivity contribution < 1.29 is 9.53 Å². The van der Waals surface area contributed by atoms with Gasteiger partial charge in [-0.3, -0.25) is 4.79 Å². The normalized spacial score (nSPS) is 13.0. The standard InChI is InChI=1S/C19H18N4O2/c20-18(24)16-17(22-23-12-4-11-21-19(16)23)13-7-9-15(10-8-13)25-14-5-2-1-3-6-14/h1-3,5-10,21H,4,11-12H2,(H2,20,24)/i17+2. The molecule has 3 aromatic rings. The lowest BCUT2D eigenvalue weighted by atomic mass is 10.2. The minimum absolute atomic E-state index is 0.441. The Morgan fingerprint density at radius 1 is 1.12 bits per heavy atom. The van der Waals surface area contributed by atoms with Gasteiger partial charge in [-0.2, -0.15) is 5.10 Å². The zero-order valence-corrected chi connectivity index (χ0v) is 13.6. The van der Waals surface area contributed by atoms with Gasteiger partial charge < -0.3 is 15.8 Å². The fourth-order valence-electron chi connectivity index (χ4n) is 2.98. The van der Waals surface area contributed by atoms with Gasteiger partial charge in [0.25, 0.3) is 5.91 Å². The first-order chi connectivity index (χ1) is 12.2. The monoisotopic (exact) mass is 336 g/mol. The molecule has 0 radical (unpaired) electrons. The predicted octanol–water partition coefficient (Wildman–Crippen LogP) is 3.26. The van der Waals surface area contributed by atoms with E-state index < -0.39 is 5.91 Å².